The summed E-state index contributed by atoms with van der Waals surface area (Å²) < 4.78 is 5.20. The van der Waals surface area contributed by atoms with Crippen LogP contribution < -0.4 is 15.4 Å². The number of nitrogens with zero attached hydrogens (tertiary/aromatic N) is 1. The van der Waals surface area contributed by atoms with E-state index in [1.54, 1.807) is 7.11 Å². The number of rotatable bonds is 11. The molecule has 1 unspecified atom stereocenters. The van der Waals surface area contributed by atoms with Crippen molar-refractivity contribution in [3.63, 3.8) is 0 Å². The van der Waals surface area contributed by atoms with Crippen molar-refractivity contribution in [2.45, 2.75) is 45.4 Å². The highest BCUT2D eigenvalue weighted by molar-refractivity contribution is 7.14. The topological polar surface area (TPSA) is 63.2 Å². The van der Waals surface area contributed by atoms with Crippen LogP contribution in [0, 0.1) is 0 Å². The van der Waals surface area contributed by atoms with Crippen LogP contribution in [0.3, 0.4) is 0 Å². The minimum atomic E-state index is 0.00210. The zero-order valence-corrected chi connectivity index (χ0v) is 19.3. The van der Waals surface area contributed by atoms with Crippen LogP contribution in [-0.4, -0.2) is 24.5 Å². The Hall–Kier alpha value is -2.86. The zero-order valence-electron chi connectivity index (χ0n) is 18.5. The number of hydrogen-bond donors (Lipinski definition) is 2. The van der Waals surface area contributed by atoms with E-state index in [1.165, 1.54) is 16.9 Å². The van der Waals surface area contributed by atoms with E-state index in [4.69, 9.17) is 4.74 Å². The summed E-state index contributed by atoms with van der Waals surface area (Å²) in [6.45, 7) is 5.27. The number of thiazole rings is 1. The first-order valence-electron chi connectivity index (χ1n) is 10.9. The maximum Gasteiger partial charge on any atom is 0.226 e. The Kier molecular flexibility index (Phi) is 8.47. The van der Waals surface area contributed by atoms with Gasteiger partial charge in [0.15, 0.2) is 5.13 Å². The minimum absolute atomic E-state index is 0.00210. The molecule has 0 bridgehead atoms. The lowest BCUT2D eigenvalue weighted by Crippen LogP contribution is -2.15. The van der Waals surface area contributed by atoms with Gasteiger partial charge in [0.05, 0.1) is 12.8 Å². The van der Waals surface area contributed by atoms with Crippen molar-refractivity contribution >= 4 is 28.1 Å². The molecule has 0 spiro atoms. The largest absolute Gasteiger partial charge is 0.497 e. The smallest absolute Gasteiger partial charge is 0.226 e. The number of anilines is 2. The van der Waals surface area contributed by atoms with E-state index in [-0.39, 0.29) is 11.8 Å². The highest BCUT2D eigenvalue weighted by Gasteiger charge is 2.17. The molecule has 164 valence electrons. The molecule has 0 aliphatic heterocycles. The van der Waals surface area contributed by atoms with Gasteiger partial charge in [-0.25, -0.2) is 4.98 Å². The first kappa shape index (κ1) is 22.8. The van der Waals surface area contributed by atoms with Crippen molar-refractivity contribution in [1.29, 1.82) is 0 Å². The molecule has 0 saturated heterocycles. The van der Waals surface area contributed by atoms with Gasteiger partial charge in [0, 0.05) is 29.6 Å². The normalized spacial score (nSPS) is 11.7. The monoisotopic (exact) mass is 437 g/mol. The molecule has 1 aromatic heterocycles. The molecular formula is C25H31N3O2S. The van der Waals surface area contributed by atoms with Crippen molar-refractivity contribution in [2.75, 3.05) is 24.3 Å². The third-order valence-corrected chi connectivity index (χ3v) is 5.92. The molecule has 3 rings (SSSR count). The summed E-state index contributed by atoms with van der Waals surface area (Å²) in [5.74, 6) is 1.01. The van der Waals surface area contributed by atoms with E-state index >= 15 is 0 Å². The molecule has 0 saturated carbocycles. The van der Waals surface area contributed by atoms with Gasteiger partial charge in [-0.05, 0) is 60.7 Å². The van der Waals surface area contributed by atoms with Crippen LogP contribution in [0.5, 0.6) is 5.75 Å². The predicted molar refractivity (Wildman–Crippen MR) is 130 cm³/mol. The first-order chi connectivity index (χ1) is 15.1. The maximum atomic E-state index is 12.7. The van der Waals surface area contributed by atoms with Crippen LogP contribution in [0.25, 0.3) is 11.3 Å². The van der Waals surface area contributed by atoms with E-state index in [9.17, 15) is 4.79 Å². The second kappa shape index (κ2) is 11.5. The number of carbonyl (C=O) groups excluding carboxylic acids is 1. The van der Waals surface area contributed by atoms with Crippen molar-refractivity contribution in [3.05, 3.63) is 59.5 Å². The summed E-state index contributed by atoms with van der Waals surface area (Å²) in [7, 11) is 1.65. The highest BCUT2D eigenvalue weighted by atomic mass is 32.1. The summed E-state index contributed by atoms with van der Waals surface area (Å²) in [4.78, 5) is 17.3. The molecule has 5 nitrogen and oxygen atoms in total. The summed E-state index contributed by atoms with van der Waals surface area (Å²) in [6.07, 6.45) is 3.56. The van der Waals surface area contributed by atoms with Crippen LogP contribution >= 0.6 is 11.3 Å². The highest BCUT2D eigenvalue weighted by Crippen LogP contribution is 2.29. The Labute approximate surface area is 188 Å². The molecule has 2 N–H and O–H groups in total. The van der Waals surface area contributed by atoms with Crippen LogP contribution in [0.1, 0.15) is 51.0 Å². The summed E-state index contributed by atoms with van der Waals surface area (Å²) in [6, 6.07) is 16.2. The van der Waals surface area contributed by atoms with Crippen molar-refractivity contribution in [2.24, 2.45) is 0 Å². The van der Waals surface area contributed by atoms with Gasteiger partial charge in [0.25, 0.3) is 0 Å². The molecule has 6 heteroatoms. The molecule has 1 heterocycles. The van der Waals surface area contributed by atoms with Gasteiger partial charge in [-0.15, -0.1) is 11.3 Å². The Morgan fingerprint density at radius 2 is 1.81 bits per heavy atom. The number of amides is 1. The SMILES string of the molecule is CCCNc1ccc(C(CCC)CC(=O)Nc2nc(-c3ccc(OC)cc3)cs2)cc1. The van der Waals surface area contributed by atoms with Crippen LogP contribution in [0.2, 0.25) is 0 Å². The fraction of sp³-hybridized carbons (Fsp3) is 0.360. The average molecular weight is 438 g/mol. The average Bonchev–Trinajstić information content (AvgIpc) is 3.26. The lowest BCUT2D eigenvalue weighted by molar-refractivity contribution is -0.116. The fourth-order valence-corrected chi connectivity index (χ4v) is 4.23. The van der Waals surface area contributed by atoms with Crippen molar-refractivity contribution in [1.82, 2.24) is 4.98 Å². The summed E-state index contributed by atoms with van der Waals surface area (Å²) in [5.41, 5.74) is 4.18. The third kappa shape index (κ3) is 6.56. The fourth-order valence-electron chi connectivity index (χ4n) is 3.50. The standard InChI is InChI=1S/C25H31N3O2S/c1-4-6-20(18-7-11-21(12-8-18)26-15-5-2)16-24(29)28-25-27-23(17-31-25)19-9-13-22(30-3)14-10-19/h7-14,17,20,26H,4-6,15-16H2,1-3H3,(H,27,28,29). The van der Waals surface area contributed by atoms with Crippen LogP contribution in [0.15, 0.2) is 53.9 Å². The number of carbonyl (C=O) groups is 1. The van der Waals surface area contributed by atoms with Gasteiger partial charge in [-0.3, -0.25) is 4.79 Å². The molecule has 0 aliphatic rings. The van der Waals surface area contributed by atoms with E-state index in [2.05, 4.69) is 53.7 Å². The van der Waals surface area contributed by atoms with Gasteiger partial charge >= 0.3 is 0 Å². The molecule has 1 amide bonds. The molecule has 2 aromatic carbocycles. The number of ether oxygens (including phenoxy) is 1. The van der Waals surface area contributed by atoms with E-state index in [0.717, 1.165) is 48.5 Å². The molecule has 31 heavy (non-hydrogen) atoms. The Morgan fingerprint density at radius 3 is 2.45 bits per heavy atom. The van der Waals surface area contributed by atoms with E-state index in [0.29, 0.717) is 11.6 Å². The van der Waals surface area contributed by atoms with Gasteiger partial charge in [0.1, 0.15) is 5.75 Å². The molecule has 0 aliphatic carbocycles. The quantitative estimate of drug-likeness (QED) is 0.357. The molecule has 3 aromatic rings. The van der Waals surface area contributed by atoms with Gasteiger partial charge in [-0.1, -0.05) is 32.4 Å². The number of hydrogen-bond acceptors (Lipinski definition) is 5. The molecule has 1 atom stereocenters. The first-order valence-corrected chi connectivity index (χ1v) is 11.7. The summed E-state index contributed by atoms with van der Waals surface area (Å²) in [5, 5.41) is 8.97. The van der Waals surface area contributed by atoms with E-state index < -0.39 is 0 Å². The second-order valence-corrected chi connectivity index (χ2v) is 8.41. The number of nitrogens with one attached hydrogen (secondary N) is 2. The van der Waals surface area contributed by atoms with Gasteiger partial charge in [-0.2, -0.15) is 0 Å². The molecule has 0 fully saturated rings. The Balaban J connectivity index is 1.61. The Bertz CT molecular complexity index is 952. The zero-order chi connectivity index (χ0) is 22.1. The number of benzene rings is 2. The van der Waals surface area contributed by atoms with Crippen LogP contribution in [-0.2, 0) is 4.79 Å². The lowest BCUT2D eigenvalue weighted by Gasteiger charge is -2.17. The van der Waals surface area contributed by atoms with Gasteiger partial charge in [0.2, 0.25) is 5.91 Å². The third-order valence-electron chi connectivity index (χ3n) is 5.17. The Morgan fingerprint density at radius 1 is 1.06 bits per heavy atom. The number of aromatic nitrogens is 1. The minimum Gasteiger partial charge on any atom is -0.497 e. The maximum absolute atomic E-state index is 12.7. The van der Waals surface area contributed by atoms with Crippen molar-refractivity contribution in [3.8, 4) is 17.0 Å². The summed E-state index contributed by atoms with van der Waals surface area (Å²) >= 11 is 1.45. The lowest BCUT2D eigenvalue weighted by atomic mass is 9.91. The van der Waals surface area contributed by atoms with Crippen LogP contribution in [0.4, 0.5) is 10.8 Å². The molecular weight excluding hydrogens is 406 g/mol. The molecule has 0 radical (unpaired) electrons. The predicted octanol–water partition coefficient (Wildman–Crippen LogP) is 6.55. The second-order valence-electron chi connectivity index (χ2n) is 7.55. The number of methoxy groups -OCH3 is 1. The van der Waals surface area contributed by atoms with Crippen molar-refractivity contribution < 1.29 is 9.53 Å². The van der Waals surface area contributed by atoms with Gasteiger partial charge < -0.3 is 15.4 Å². The van der Waals surface area contributed by atoms with E-state index in [1.807, 2.05) is 29.6 Å².